The van der Waals surface area contributed by atoms with Crippen LogP contribution >= 0.6 is 11.6 Å². The number of halogens is 1. The summed E-state index contributed by atoms with van der Waals surface area (Å²) < 4.78 is 18.0. The number of aliphatic hydroxyl groups is 1. The molecule has 1 aromatic heterocycles. The molecule has 1 saturated carbocycles. The van der Waals surface area contributed by atoms with Crippen LogP contribution in [0.5, 0.6) is 11.6 Å². The molecule has 0 spiro atoms. The summed E-state index contributed by atoms with van der Waals surface area (Å²) in [6.07, 6.45) is 3.47. The van der Waals surface area contributed by atoms with Gasteiger partial charge in [0.05, 0.1) is 11.5 Å². The van der Waals surface area contributed by atoms with Crippen molar-refractivity contribution >= 4 is 28.9 Å². The average Bonchev–Trinajstić information content (AvgIpc) is 3.75. The highest BCUT2D eigenvalue weighted by Gasteiger charge is 2.52. The number of likely N-dealkylation sites (tertiary alicyclic amines) is 1. The van der Waals surface area contributed by atoms with Gasteiger partial charge in [0.1, 0.15) is 30.3 Å². The third-order valence-electron chi connectivity index (χ3n) is 10.6. The number of ketones is 2. The van der Waals surface area contributed by atoms with Crippen LogP contribution < -0.4 is 9.47 Å². The number of benzene rings is 3. The van der Waals surface area contributed by atoms with E-state index < -0.39 is 5.92 Å². The molecule has 1 aliphatic heterocycles. The fraction of sp³-hybridized carbons (Fsp3) is 0.359. The monoisotopic (exact) mass is 664 g/mol. The minimum absolute atomic E-state index is 0.100. The third kappa shape index (κ3) is 5.22. The van der Waals surface area contributed by atoms with Crippen molar-refractivity contribution in [2.45, 2.75) is 58.3 Å². The minimum Gasteiger partial charge on any atom is -0.507 e. The van der Waals surface area contributed by atoms with Crippen LogP contribution in [0.3, 0.4) is 0 Å². The molecule has 48 heavy (non-hydrogen) atoms. The van der Waals surface area contributed by atoms with Crippen LogP contribution in [0.25, 0.3) is 5.76 Å². The summed E-state index contributed by atoms with van der Waals surface area (Å²) in [6.45, 7) is 4.57. The van der Waals surface area contributed by atoms with Gasteiger partial charge in [0.15, 0.2) is 17.3 Å². The molecule has 246 valence electrons. The lowest BCUT2D eigenvalue weighted by Crippen LogP contribution is -2.45. The molecule has 2 fully saturated rings. The van der Waals surface area contributed by atoms with Gasteiger partial charge in [-0.05, 0) is 84.1 Å². The van der Waals surface area contributed by atoms with Gasteiger partial charge in [0.25, 0.3) is 5.88 Å². The number of allylic oxidation sites excluding steroid dienone is 1. The van der Waals surface area contributed by atoms with E-state index >= 15 is 0 Å². The van der Waals surface area contributed by atoms with Gasteiger partial charge in [-0.15, -0.1) is 0 Å². The van der Waals surface area contributed by atoms with Crippen molar-refractivity contribution in [1.82, 2.24) is 10.1 Å². The van der Waals surface area contributed by atoms with E-state index in [-0.39, 0.29) is 58.8 Å². The lowest BCUT2D eigenvalue weighted by molar-refractivity contribution is -0.121. The number of nitrogens with zero attached hydrogens (tertiary/aromatic N) is 2. The maximum atomic E-state index is 14.4. The van der Waals surface area contributed by atoms with Crippen molar-refractivity contribution in [2.75, 3.05) is 13.1 Å². The Bertz CT molecular complexity index is 1920. The Labute approximate surface area is 284 Å². The topological polar surface area (TPSA) is 102 Å². The van der Waals surface area contributed by atoms with Crippen LogP contribution in [-0.4, -0.2) is 39.8 Å². The first-order valence-corrected chi connectivity index (χ1v) is 17.2. The Hall–Kier alpha value is -4.40. The second-order valence-electron chi connectivity index (χ2n) is 13.3. The summed E-state index contributed by atoms with van der Waals surface area (Å²) in [5.41, 5.74) is 4.68. The van der Waals surface area contributed by atoms with Gasteiger partial charge in [-0.2, -0.15) is 0 Å². The normalized spacial score (nSPS) is 23.4. The number of hydrogen-bond acceptors (Lipinski definition) is 8. The van der Waals surface area contributed by atoms with E-state index in [0.29, 0.717) is 48.0 Å². The summed E-state index contributed by atoms with van der Waals surface area (Å²) in [6, 6.07) is 21.5. The lowest BCUT2D eigenvalue weighted by Gasteiger charge is -2.40. The zero-order chi connectivity index (χ0) is 32.9. The van der Waals surface area contributed by atoms with Gasteiger partial charge in [-0.3, -0.25) is 14.5 Å². The third-order valence-corrected chi connectivity index (χ3v) is 11.0. The zero-order valence-electron chi connectivity index (χ0n) is 26.8. The maximum Gasteiger partial charge on any atom is 0.265 e. The largest absolute Gasteiger partial charge is 0.507 e. The number of aromatic nitrogens is 1. The Morgan fingerprint density at radius 1 is 0.958 bits per heavy atom. The molecule has 4 aliphatic rings. The fourth-order valence-corrected chi connectivity index (χ4v) is 8.68. The smallest absolute Gasteiger partial charge is 0.265 e. The molecule has 0 bridgehead atoms. The second-order valence-corrected chi connectivity index (χ2v) is 13.7. The van der Waals surface area contributed by atoms with Crippen LogP contribution in [0.15, 0.2) is 76.8 Å². The number of carbonyl (C=O) groups is 2. The van der Waals surface area contributed by atoms with E-state index in [0.717, 1.165) is 48.2 Å². The molecule has 3 aliphatic carbocycles. The first-order valence-electron chi connectivity index (χ1n) is 16.9. The SMILES string of the molecule is CCN1CCCC1c1cc(OCc2ccccc2)c2c(c1Cl)CC1CC3Cc4onc(OCc5ccccc5)c4C(=O)C3C(=O)C1=C2O. The molecule has 8 rings (SSSR count). The van der Waals surface area contributed by atoms with Crippen molar-refractivity contribution in [3.8, 4) is 11.6 Å². The quantitative estimate of drug-likeness (QED) is 0.191. The second kappa shape index (κ2) is 12.6. The summed E-state index contributed by atoms with van der Waals surface area (Å²) in [5, 5.41) is 16.7. The van der Waals surface area contributed by atoms with E-state index in [2.05, 4.69) is 17.0 Å². The van der Waals surface area contributed by atoms with E-state index in [4.69, 9.17) is 25.6 Å². The molecule has 9 heteroatoms. The average molecular weight is 665 g/mol. The van der Waals surface area contributed by atoms with E-state index in [1.165, 1.54) is 0 Å². The molecule has 1 N–H and O–H groups in total. The van der Waals surface area contributed by atoms with Crippen molar-refractivity contribution in [3.05, 3.63) is 116 Å². The van der Waals surface area contributed by atoms with Crippen LogP contribution in [0, 0.1) is 17.8 Å². The van der Waals surface area contributed by atoms with Gasteiger partial charge >= 0.3 is 0 Å². The van der Waals surface area contributed by atoms with Gasteiger partial charge in [0.2, 0.25) is 0 Å². The van der Waals surface area contributed by atoms with Crippen molar-refractivity contribution < 1.29 is 28.7 Å². The molecule has 1 saturated heterocycles. The first-order chi connectivity index (χ1) is 23.4. The van der Waals surface area contributed by atoms with Gasteiger partial charge in [0, 0.05) is 23.1 Å². The predicted molar refractivity (Wildman–Crippen MR) is 180 cm³/mol. The molecule has 2 heterocycles. The lowest BCUT2D eigenvalue weighted by atomic mass is 9.61. The highest BCUT2D eigenvalue weighted by Crippen LogP contribution is 2.53. The van der Waals surface area contributed by atoms with Crippen LogP contribution in [0.4, 0.5) is 0 Å². The summed E-state index contributed by atoms with van der Waals surface area (Å²) in [5.74, 6) is -1.33. The summed E-state index contributed by atoms with van der Waals surface area (Å²) >= 11 is 7.26. The first kappa shape index (κ1) is 30.9. The standard InChI is InChI=1S/C39H37ClN2O6/c1-2-42-15-9-14-28(42)26-19-29(46-20-22-10-5-3-6-11-22)33-27(35(26)40)17-24-16-25-18-30-34(38(45)32(25)36(43)31(24)37(33)44)39(41-48-30)47-21-23-12-7-4-8-13-23/h3-8,10-13,19,24-25,28,32,44H,2,9,14-18,20-21H2,1H3. The van der Waals surface area contributed by atoms with Gasteiger partial charge < -0.3 is 19.1 Å². The number of rotatable bonds is 8. The molecule has 3 aromatic carbocycles. The fourth-order valence-electron chi connectivity index (χ4n) is 8.33. The number of fused-ring (bicyclic) bond motifs is 4. The summed E-state index contributed by atoms with van der Waals surface area (Å²) in [4.78, 5) is 30.9. The zero-order valence-corrected chi connectivity index (χ0v) is 27.5. The van der Waals surface area contributed by atoms with Crippen molar-refractivity contribution in [1.29, 1.82) is 0 Å². The molecule has 4 unspecified atom stereocenters. The Morgan fingerprint density at radius 2 is 1.67 bits per heavy atom. The van der Waals surface area contributed by atoms with Crippen LogP contribution in [0.2, 0.25) is 5.02 Å². The highest BCUT2D eigenvalue weighted by atomic mass is 35.5. The van der Waals surface area contributed by atoms with Crippen molar-refractivity contribution in [2.24, 2.45) is 17.8 Å². The highest BCUT2D eigenvalue weighted by molar-refractivity contribution is 6.33. The Kier molecular flexibility index (Phi) is 8.09. The maximum absolute atomic E-state index is 14.4. The molecular weight excluding hydrogens is 628 g/mol. The number of carbonyl (C=O) groups excluding carboxylic acids is 2. The Morgan fingerprint density at radius 3 is 2.38 bits per heavy atom. The van der Waals surface area contributed by atoms with Crippen LogP contribution in [0.1, 0.15) is 76.2 Å². The van der Waals surface area contributed by atoms with Crippen LogP contribution in [-0.2, 0) is 30.8 Å². The van der Waals surface area contributed by atoms with E-state index in [1.807, 2.05) is 66.7 Å². The number of ether oxygens (including phenoxy) is 2. The minimum atomic E-state index is -0.953. The summed E-state index contributed by atoms with van der Waals surface area (Å²) in [7, 11) is 0. The predicted octanol–water partition coefficient (Wildman–Crippen LogP) is 7.73. The van der Waals surface area contributed by atoms with Crippen molar-refractivity contribution in [3.63, 3.8) is 0 Å². The number of Topliss-reactive ketones (excluding diaryl/α,β-unsaturated/α-hetero) is 2. The molecule has 0 radical (unpaired) electrons. The van der Waals surface area contributed by atoms with E-state index in [1.54, 1.807) is 0 Å². The molecule has 0 amide bonds. The van der Waals surface area contributed by atoms with E-state index in [9.17, 15) is 14.7 Å². The van der Waals surface area contributed by atoms with Gasteiger partial charge in [-0.25, -0.2) is 0 Å². The molecule has 8 nitrogen and oxygen atoms in total. The number of hydrogen-bond donors (Lipinski definition) is 1. The molecule has 4 aromatic rings. The molecular formula is C39H37ClN2O6. The Balaban J connectivity index is 1.16. The molecule has 4 atom stereocenters. The van der Waals surface area contributed by atoms with Gasteiger partial charge in [-0.1, -0.05) is 79.2 Å². The number of aliphatic hydroxyl groups excluding tert-OH is 1.